The molecule has 0 radical (unpaired) electrons. The summed E-state index contributed by atoms with van der Waals surface area (Å²) in [5.74, 6) is 0. The molecule has 0 spiro atoms. The molecule has 0 saturated heterocycles. The molecule has 34 valence electrons. The Kier molecular flexibility index (Phi) is 391. The Balaban J connectivity index is 0. The minimum Gasteiger partial charge on any atom is -0.0149 e. The minimum atomic E-state index is 0. The van der Waals surface area contributed by atoms with Crippen LogP contribution in [0.15, 0.2) is 0 Å². The molecule has 0 aliphatic carbocycles. The molecular weight excluding hydrogens is 266 g/mol. The Labute approximate surface area is 79.4 Å². The van der Waals surface area contributed by atoms with Crippen molar-refractivity contribution in [3.63, 3.8) is 0 Å². The first-order valence-corrected chi connectivity index (χ1v) is 0. The Bertz CT molecular complexity index is 11.6. The van der Waals surface area contributed by atoms with Crippen molar-refractivity contribution in [1.29, 1.82) is 0 Å². The maximum atomic E-state index is 0. The Morgan fingerprint density at radius 3 is 1.00 bits per heavy atom. The molecule has 0 aliphatic rings. The van der Waals surface area contributed by atoms with Crippen LogP contribution in [-0.4, -0.2) is 19.4 Å². The van der Waals surface area contributed by atoms with Crippen LogP contribution in [0, 0.1) is 0 Å². The van der Waals surface area contributed by atoms with Crippen molar-refractivity contribution in [1.82, 2.24) is 0 Å². The van der Waals surface area contributed by atoms with Crippen LogP contribution in [-0.2, 0) is 60.9 Å². The van der Waals surface area contributed by atoms with Gasteiger partial charge in [0.05, 0.1) is 8.41 Å². The van der Waals surface area contributed by atoms with E-state index in [1.165, 1.54) is 0 Å². The second kappa shape index (κ2) is 34.4. The Morgan fingerprint density at radius 2 is 1.00 bits per heavy atom. The molecular formula is H7BCdFeNiSi. The van der Waals surface area contributed by atoms with Crippen LogP contribution in [0.5, 0.6) is 0 Å². The Hall–Kier alpha value is 2.22. The third-order valence-corrected chi connectivity index (χ3v) is 0. The van der Waals surface area contributed by atoms with E-state index in [4.69, 9.17) is 0 Å². The average molecular weight is 273 g/mol. The summed E-state index contributed by atoms with van der Waals surface area (Å²) in [6.07, 6.45) is 0. The fourth-order valence-corrected chi connectivity index (χ4v) is 0. The number of hydrogen-bond donors (Lipinski definition) is 0. The van der Waals surface area contributed by atoms with Gasteiger partial charge >= 0.3 is 0 Å². The molecule has 0 fully saturated rings. The topological polar surface area (TPSA) is 0 Å². The third-order valence-electron chi connectivity index (χ3n) is 0. The summed E-state index contributed by atoms with van der Waals surface area (Å²) in [5, 5.41) is 0. The molecule has 0 heterocycles. The zero-order valence-electron chi connectivity index (χ0n) is 1.38. The average Bonchev–Trinajstić information content (AvgIpc) is 0. The molecule has 0 atom stereocenters. The summed E-state index contributed by atoms with van der Waals surface area (Å²) in [4.78, 5) is 0. The van der Waals surface area contributed by atoms with Crippen LogP contribution in [0.25, 0.3) is 0 Å². The predicted octanol–water partition coefficient (Wildman–Crippen LogP) is -2.64. The number of hydrogen-bond acceptors (Lipinski definition) is 0. The molecule has 5 heteroatoms. The second-order valence-electron chi connectivity index (χ2n) is 0. The maximum Gasteiger partial charge on any atom is 0.0814 e. The van der Waals surface area contributed by atoms with Gasteiger partial charge in [-0.25, -0.2) is 0 Å². The van der Waals surface area contributed by atoms with Crippen molar-refractivity contribution >= 4 is 19.4 Å². The Morgan fingerprint density at radius 1 is 1.00 bits per heavy atom. The van der Waals surface area contributed by atoms with Crippen molar-refractivity contribution in [2.24, 2.45) is 0 Å². The van der Waals surface area contributed by atoms with Gasteiger partial charge in [0, 0.05) is 60.9 Å². The molecule has 5 heavy (non-hydrogen) atoms. The van der Waals surface area contributed by atoms with E-state index in [0.29, 0.717) is 0 Å². The van der Waals surface area contributed by atoms with Crippen molar-refractivity contribution in [3.8, 4) is 0 Å². The summed E-state index contributed by atoms with van der Waals surface area (Å²) in [7, 11) is 0. The third kappa shape index (κ3) is 22.5. The van der Waals surface area contributed by atoms with Gasteiger partial charge in [-0.1, -0.05) is 0 Å². The summed E-state index contributed by atoms with van der Waals surface area (Å²) >= 11 is 0. The van der Waals surface area contributed by atoms with Gasteiger partial charge in [-0.3, -0.25) is 0 Å². The van der Waals surface area contributed by atoms with E-state index in [0.717, 1.165) is 0 Å². The number of rotatable bonds is 0. The maximum absolute atomic E-state index is 0. The van der Waals surface area contributed by atoms with Gasteiger partial charge in [-0.2, -0.15) is 0 Å². The molecule has 0 bridgehead atoms. The molecule has 0 saturated carbocycles. The predicted molar refractivity (Wildman–Crippen MR) is 21.3 cm³/mol. The van der Waals surface area contributed by atoms with Crippen molar-refractivity contribution in [2.75, 3.05) is 0 Å². The van der Waals surface area contributed by atoms with E-state index < -0.39 is 0 Å². The molecule has 0 rings (SSSR count). The normalized spacial score (nSPS) is 0. The molecule has 0 nitrogen and oxygen atoms in total. The van der Waals surface area contributed by atoms with E-state index in [1.54, 1.807) is 0 Å². The van der Waals surface area contributed by atoms with E-state index >= 15 is 0 Å². The minimum absolute atomic E-state index is 0. The standard InChI is InChI=1S/BH3.Cd.Fe.Ni.H4Si/h1H3;;;;1H4. The largest absolute Gasteiger partial charge is 0.0814 e. The van der Waals surface area contributed by atoms with Gasteiger partial charge < -0.3 is 0 Å². The van der Waals surface area contributed by atoms with Gasteiger partial charge in [0.1, 0.15) is 0 Å². The monoisotopic (exact) mass is 274 g/mol. The first-order chi connectivity index (χ1) is 0. The first-order valence-electron chi connectivity index (χ1n) is 0. The fraction of sp³-hybridized carbons (Fsp3) is 0. The fourth-order valence-electron chi connectivity index (χ4n) is 0. The smallest absolute Gasteiger partial charge is 0.0149 e. The van der Waals surface area contributed by atoms with Crippen molar-refractivity contribution < 1.29 is 60.9 Å². The van der Waals surface area contributed by atoms with Gasteiger partial charge in [0.15, 0.2) is 0 Å². The zero-order valence-corrected chi connectivity index (χ0v) is 7.50. The van der Waals surface area contributed by atoms with Crippen LogP contribution in [0.1, 0.15) is 0 Å². The summed E-state index contributed by atoms with van der Waals surface area (Å²) in [6, 6.07) is 0. The van der Waals surface area contributed by atoms with Crippen LogP contribution >= 0.6 is 0 Å². The van der Waals surface area contributed by atoms with Gasteiger partial charge in [-0.15, -0.1) is 0 Å². The molecule has 0 aromatic heterocycles. The molecule has 0 unspecified atom stereocenters. The van der Waals surface area contributed by atoms with E-state index in [9.17, 15) is 0 Å². The van der Waals surface area contributed by atoms with E-state index in [2.05, 4.69) is 0 Å². The van der Waals surface area contributed by atoms with Crippen molar-refractivity contribution in [3.05, 3.63) is 0 Å². The molecule has 0 aromatic carbocycles. The zero-order chi connectivity index (χ0) is 0. The molecule has 0 N–H and O–H groups in total. The summed E-state index contributed by atoms with van der Waals surface area (Å²) in [5.41, 5.74) is 0. The van der Waals surface area contributed by atoms with Crippen molar-refractivity contribution in [2.45, 2.75) is 0 Å². The quantitative estimate of drug-likeness (QED) is 0.423. The summed E-state index contributed by atoms with van der Waals surface area (Å²) < 4.78 is 0. The second-order valence-corrected chi connectivity index (χ2v) is 0. The summed E-state index contributed by atoms with van der Waals surface area (Å²) in [6.45, 7) is 0. The molecule has 0 aromatic rings. The van der Waals surface area contributed by atoms with Gasteiger partial charge in [0.2, 0.25) is 0 Å². The molecule has 0 amide bonds. The van der Waals surface area contributed by atoms with Gasteiger partial charge in [0.25, 0.3) is 0 Å². The van der Waals surface area contributed by atoms with Crippen LogP contribution in [0.2, 0.25) is 0 Å². The van der Waals surface area contributed by atoms with Crippen LogP contribution in [0.3, 0.4) is 0 Å². The van der Waals surface area contributed by atoms with E-state index in [1.807, 2.05) is 0 Å². The van der Waals surface area contributed by atoms with E-state index in [-0.39, 0.29) is 80.2 Å². The van der Waals surface area contributed by atoms with Crippen LogP contribution < -0.4 is 0 Å². The first kappa shape index (κ1) is 56.8. The molecule has 0 aliphatic heterocycles. The SMILES string of the molecule is B.[Cd].[Fe].[Ni].[SiH4]. The van der Waals surface area contributed by atoms with Crippen LogP contribution in [0.4, 0.5) is 0 Å². The van der Waals surface area contributed by atoms with Gasteiger partial charge in [-0.05, 0) is 11.0 Å².